The van der Waals surface area contributed by atoms with Gasteiger partial charge in [-0.2, -0.15) is 5.10 Å². The Morgan fingerprint density at radius 1 is 1.67 bits per heavy atom. The quantitative estimate of drug-likeness (QED) is 0.650. The summed E-state index contributed by atoms with van der Waals surface area (Å²) < 4.78 is 14.0. The molecule has 2 rings (SSSR count). The van der Waals surface area contributed by atoms with Crippen molar-refractivity contribution in [2.24, 2.45) is 0 Å². The molecular formula is C13H12ClFN4O2. The molecule has 2 aromatic heterocycles. The van der Waals surface area contributed by atoms with E-state index in [9.17, 15) is 14.3 Å². The SMILES string of the molecule is C=CC(O)(Cn1cc(F)cn1)C(=O)Nc1ccnc(Cl)c1. The van der Waals surface area contributed by atoms with E-state index in [1.807, 2.05) is 0 Å². The molecule has 0 saturated carbocycles. The minimum Gasteiger partial charge on any atom is -0.374 e. The number of amides is 1. The number of aliphatic hydroxyl groups is 1. The Morgan fingerprint density at radius 2 is 2.43 bits per heavy atom. The molecule has 2 aromatic rings. The molecule has 110 valence electrons. The third-order valence-corrected chi connectivity index (χ3v) is 2.93. The number of anilines is 1. The fraction of sp³-hybridized carbons (Fsp3) is 0.154. The van der Waals surface area contributed by atoms with Gasteiger partial charge in [-0.25, -0.2) is 9.37 Å². The van der Waals surface area contributed by atoms with Gasteiger partial charge in [0.25, 0.3) is 5.91 Å². The second-order valence-electron chi connectivity index (χ2n) is 4.31. The highest BCUT2D eigenvalue weighted by Crippen LogP contribution is 2.17. The van der Waals surface area contributed by atoms with Gasteiger partial charge in [0.15, 0.2) is 11.4 Å². The van der Waals surface area contributed by atoms with Gasteiger partial charge in [-0.15, -0.1) is 0 Å². The van der Waals surface area contributed by atoms with E-state index >= 15 is 0 Å². The number of carbonyl (C=O) groups is 1. The van der Waals surface area contributed by atoms with Crippen LogP contribution in [0.25, 0.3) is 0 Å². The van der Waals surface area contributed by atoms with Crippen LogP contribution in [0.5, 0.6) is 0 Å². The lowest BCUT2D eigenvalue weighted by molar-refractivity contribution is -0.130. The minimum absolute atomic E-state index is 0.198. The fourth-order valence-electron chi connectivity index (χ4n) is 1.62. The summed E-state index contributed by atoms with van der Waals surface area (Å²) in [4.78, 5) is 15.9. The molecule has 0 fully saturated rings. The van der Waals surface area contributed by atoms with E-state index in [2.05, 4.69) is 22.0 Å². The van der Waals surface area contributed by atoms with E-state index < -0.39 is 17.3 Å². The first kappa shape index (κ1) is 15.1. The number of nitrogens with one attached hydrogen (secondary N) is 1. The average Bonchev–Trinajstić information content (AvgIpc) is 2.83. The largest absolute Gasteiger partial charge is 0.374 e. The van der Waals surface area contributed by atoms with Crippen LogP contribution in [0, 0.1) is 5.82 Å². The van der Waals surface area contributed by atoms with Crippen LogP contribution in [0.15, 0.2) is 43.4 Å². The van der Waals surface area contributed by atoms with Crippen molar-refractivity contribution in [3.05, 3.63) is 54.3 Å². The summed E-state index contributed by atoms with van der Waals surface area (Å²) in [5, 5.41) is 16.7. The molecule has 0 aromatic carbocycles. The zero-order chi connectivity index (χ0) is 15.5. The second kappa shape index (κ2) is 6.02. The zero-order valence-corrected chi connectivity index (χ0v) is 11.6. The smallest absolute Gasteiger partial charge is 0.262 e. The molecule has 1 unspecified atom stereocenters. The third kappa shape index (κ3) is 3.65. The summed E-state index contributed by atoms with van der Waals surface area (Å²) in [6.07, 6.45) is 4.51. The summed E-state index contributed by atoms with van der Waals surface area (Å²) in [6.45, 7) is 3.16. The summed E-state index contributed by atoms with van der Waals surface area (Å²) in [6, 6.07) is 2.94. The molecule has 0 saturated heterocycles. The van der Waals surface area contributed by atoms with Crippen molar-refractivity contribution >= 4 is 23.2 Å². The number of halogens is 2. The van der Waals surface area contributed by atoms with Gasteiger partial charge in [-0.05, 0) is 18.2 Å². The molecule has 2 heterocycles. The lowest BCUT2D eigenvalue weighted by Gasteiger charge is -2.23. The molecule has 0 spiro atoms. The standard InChI is InChI=1S/C13H12ClFN4O2/c1-2-13(21,8-19-7-9(15)6-17-19)12(20)18-10-3-4-16-11(14)5-10/h2-7,21H,1,8H2,(H,16,18,20). The van der Waals surface area contributed by atoms with Gasteiger partial charge in [0.1, 0.15) is 5.15 Å². The van der Waals surface area contributed by atoms with Gasteiger partial charge < -0.3 is 10.4 Å². The summed E-state index contributed by atoms with van der Waals surface area (Å²) in [5.74, 6) is -1.31. The Labute approximate surface area is 124 Å². The van der Waals surface area contributed by atoms with Crippen LogP contribution in [0.1, 0.15) is 0 Å². The number of carbonyl (C=O) groups excluding carboxylic acids is 1. The van der Waals surface area contributed by atoms with Crippen molar-refractivity contribution in [1.82, 2.24) is 14.8 Å². The van der Waals surface area contributed by atoms with Crippen LogP contribution < -0.4 is 5.32 Å². The molecule has 21 heavy (non-hydrogen) atoms. The molecule has 0 aliphatic rings. The topological polar surface area (TPSA) is 80.0 Å². The molecule has 0 aliphatic heterocycles. The van der Waals surface area contributed by atoms with E-state index in [4.69, 9.17) is 11.6 Å². The normalized spacial score (nSPS) is 13.5. The van der Waals surface area contributed by atoms with Crippen LogP contribution in [-0.2, 0) is 11.3 Å². The van der Waals surface area contributed by atoms with Crippen molar-refractivity contribution in [3.63, 3.8) is 0 Å². The molecule has 2 N–H and O–H groups in total. The van der Waals surface area contributed by atoms with Crippen molar-refractivity contribution in [2.75, 3.05) is 5.32 Å². The van der Waals surface area contributed by atoms with E-state index in [1.54, 1.807) is 0 Å². The van der Waals surface area contributed by atoms with Crippen LogP contribution in [0.2, 0.25) is 5.15 Å². The Kier molecular flexibility index (Phi) is 4.35. The van der Waals surface area contributed by atoms with Gasteiger partial charge in [0.2, 0.25) is 0 Å². The van der Waals surface area contributed by atoms with E-state index in [-0.39, 0.29) is 11.7 Å². The Balaban J connectivity index is 2.15. The van der Waals surface area contributed by atoms with Gasteiger partial charge in [0, 0.05) is 11.9 Å². The van der Waals surface area contributed by atoms with E-state index in [1.165, 1.54) is 18.3 Å². The lowest BCUT2D eigenvalue weighted by atomic mass is 10.0. The second-order valence-corrected chi connectivity index (χ2v) is 4.69. The summed E-state index contributed by atoms with van der Waals surface area (Å²) >= 11 is 5.71. The number of hydrogen-bond donors (Lipinski definition) is 2. The minimum atomic E-state index is -1.95. The number of pyridine rings is 1. The van der Waals surface area contributed by atoms with Gasteiger partial charge >= 0.3 is 0 Å². The molecule has 0 radical (unpaired) electrons. The number of rotatable bonds is 5. The fourth-order valence-corrected chi connectivity index (χ4v) is 1.79. The first-order valence-corrected chi connectivity index (χ1v) is 6.28. The van der Waals surface area contributed by atoms with Crippen LogP contribution in [0.4, 0.5) is 10.1 Å². The number of hydrogen-bond acceptors (Lipinski definition) is 4. The van der Waals surface area contributed by atoms with Gasteiger partial charge in [-0.3, -0.25) is 9.48 Å². The number of aromatic nitrogens is 3. The number of nitrogens with zero attached hydrogens (tertiary/aromatic N) is 3. The Hall–Kier alpha value is -2.25. The maximum atomic E-state index is 12.9. The zero-order valence-electron chi connectivity index (χ0n) is 10.8. The lowest BCUT2D eigenvalue weighted by Crippen LogP contribution is -2.44. The van der Waals surface area contributed by atoms with Crippen molar-refractivity contribution in [2.45, 2.75) is 12.1 Å². The van der Waals surface area contributed by atoms with Crippen molar-refractivity contribution < 1.29 is 14.3 Å². The van der Waals surface area contributed by atoms with Crippen LogP contribution >= 0.6 is 11.6 Å². The third-order valence-electron chi connectivity index (χ3n) is 2.72. The van der Waals surface area contributed by atoms with Crippen LogP contribution in [0.3, 0.4) is 0 Å². The Bertz CT molecular complexity index is 676. The molecule has 1 atom stereocenters. The molecule has 0 aliphatic carbocycles. The molecule has 1 amide bonds. The van der Waals surface area contributed by atoms with Gasteiger partial charge in [-0.1, -0.05) is 18.2 Å². The maximum Gasteiger partial charge on any atom is 0.262 e. The van der Waals surface area contributed by atoms with Crippen molar-refractivity contribution in [3.8, 4) is 0 Å². The first-order valence-electron chi connectivity index (χ1n) is 5.90. The molecule has 8 heteroatoms. The van der Waals surface area contributed by atoms with Crippen LogP contribution in [-0.4, -0.2) is 31.4 Å². The highest BCUT2D eigenvalue weighted by molar-refractivity contribution is 6.29. The first-order chi connectivity index (χ1) is 9.93. The predicted molar refractivity (Wildman–Crippen MR) is 75.2 cm³/mol. The molecular weight excluding hydrogens is 299 g/mol. The molecule has 0 bridgehead atoms. The molecule has 6 nitrogen and oxygen atoms in total. The average molecular weight is 311 g/mol. The summed E-state index contributed by atoms with van der Waals surface area (Å²) in [7, 11) is 0. The predicted octanol–water partition coefficient (Wildman–Crippen LogP) is 1.63. The van der Waals surface area contributed by atoms with E-state index in [0.717, 1.165) is 23.2 Å². The Morgan fingerprint density at radius 3 is 3.00 bits per heavy atom. The van der Waals surface area contributed by atoms with Gasteiger partial charge in [0.05, 0.1) is 18.9 Å². The summed E-state index contributed by atoms with van der Waals surface area (Å²) in [5.41, 5.74) is -1.58. The maximum absolute atomic E-state index is 12.9. The monoisotopic (exact) mass is 310 g/mol. The highest BCUT2D eigenvalue weighted by atomic mass is 35.5. The van der Waals surface area contributed by atoms with Crippen molar-refractivity contribution in [1.29, 1.82) is 0 Å². The highest BCUT2D eigenvalue weighted by Gasteiger charge is 2.33. The van der Waals surface area contributed by atoms with E-state index in [0.29, 0.717) is 5.69 Å².